The first-order valence-corrected chi connectivity index (χ1v) is 17.0. The lowest BCUT2D eigenvalue weighted by molar-refractivity contribution is -0.176. The molecule has 0 aliphatic heterocycles. The Morgan fingerprint density at radius 2 is 1.65 bits per heavy atom. The van der Waals surface area contributed by atoms with Gasteiger partial charge in [0.1, 0.15) is 0 Å². The molecule has 2 bridgehead atoms. The zero-order valence-corrected chi connectivity index (χ0v) is 26.3. The molecule has 0 aromatic heterocycles. The lowest BCUT2D eigenvalue weighted by Crippen LogP contribution is -2.58. The first-order valence-electron chi connectivity index (χ1n) is 17.0. The van der Waals surface area contributed by atoms with Crippen molar-refractivity contribution in [2.24, 2.45) is 63.1 Å². The van der Waals surface area contributed by atoms with Crippen molar-refractivity contribution in [2.45, 2.75) is 143 Å². The van der Waals surface area contributed by atoms with E-state index in [2.05, 4.69) is 41.5 Å². The minimum absolute atomic E-state index is 0.0605. The van der Waals surface area contributed by atoms with E-state index in [-0.39, 0.29) is 47.3 Å². The van der Waals surface area contributed by atoms with Gasteiger partial charge in [0.05, 0.1) is 18.3 Å². The van der Waals surface area contributed by atoms with Gasteiger partial charge in [0.15, 0.2) is 6.79 Å². The van der Waals surface area contributed by atoms with Crippen molar-refractivity contribution in [2.75, 3.05) is 6.79 Å². The second-order valence-electron chi connectivity index (χ2n) is 16.8. The van der Waals surface area contributed by atoms with Crippen molar-refractivity contribution in [1.29, 1.82) is 0 Å². The molecule has 6 aliphatic carbocycles. The van der Waals surface area contributed by atoms with E-state index in [9.17, 15) is 15.0 Å². The summed E-state index contributed by atoms with van der Waals surface area (Å²) >= 11 is 0. The van der Waals surface area contributed by atoms with Crippen molar-refractivity contribution >= 4 is 5.97 Å². The van der Waals surface area contributed by atoms with Gasteiger partial charge >= 0.3 is 5.97 Å². The molecular formula is C35H58O5. The van der Waals surface area contributed by atoms with Crippen LogP contribution in [0.25, 0.3) is 0 Å². The van der Waals surface area contributed by atoms with Gasteiger partial charge < -0.3 is 19.7 Å². The highest BCUT2D eigenvalue weighted by molar-refractivity contribution is 5.69. The number of esters is 1. The second kappa shape index (κ2) is 10.2. The first-order chi connectivity index (χ1) is 18.8. The SMILES string of the molecule is C[C@H](CCC(=O)OCOC1CC2CCC1(C)C2(C)C)[C@H]1CCC2[C@@H]3CC[C@@H]4C[C@H](O)CC[C@]4(C)[C@H]3C[C@H](O)[C@@]21C. The van der Waals surface area contributed by atoms with Gasteiger partial charge in [0.25, 0.3) is 0 Å². The summed E-state index contributed by atoms with van der Waals surface area (Å²) in [6, 6.07) is 0. The number of aliphatic hydroxyl groups is 2. The third-order valence-corrected chi connectivity index (χ3v) is 15.5. The lowest BCUT2D eigenvalue weighted by atomic mass is 9.43. The average Bonchev–Trinajstić information content (AvgIpc) is 3.44. The molecule has 5 heteroatoms. The number of ether oxygens (including phenoxy) is 2. The largest absolute Gasteiger partial charge is 0.438 e. The van der Waals surface area contributed by atoms with E-state index in [0.717, 1.165) is 50.9 Å². The summed E-state index contributed by atoms with van der Waals surface area (Å²) in [5.41, 5.74) is 0.689. The van der Waals surface area contributed by atoms with E-state index in [1.54, 1.807) is 0 Å². The zero-order valence-electron chi connectivity index (χ0n) is 26.3. The summed E-state index contributed by atoms with van der Waals surface area (Å²) in [4.78, 5) is 12.7. The number of hydrogen-bond acceptors (Lipinski definition) is 5. The van der Waals surface area contributed by atoms with Crippen molar-refractivity contribution in [3.8, 4) is 0 Å². The molecule has 0 aromatic carbocycles. The number of aliphatic hydroxyl groups excluding tert-OH is 2. The van der Waals surface area contributed by atoms with Gasteiger partial charge in [-0.15, -0.1) is 0 Å². The average molecular weight is 559 g/mol. The van der Waals surface area contributed by atoms with Crippen LogP contribution in [-0.2, 0) is 14.3 Å². The molecule has 5 nitrogen and oxygen atoms in total. The Labute approximate surface area is 243 Å². The van der Waals surface area contributed by atoms with Gasteiger partial charge in [0.2, 0.25) is 0 Å². The predicted octanol–water partition coefficient (Wildman–Crippen LogP) is 7.13. The van der Waals surface area contributed by atoms with Gasteiger partial charge in [-0.25, -0.2) is 0 Å². The maximum atomic E-state index is 12.7. The summed E-state index contributed by atoms with van der Waals surface area (Å²) < 4.78 is 11.8. The molecule has 228 valence electrons. The molecule has 0 aromatic rings. The number of rotatable bonds is 7. The van der Waals surface area contributed by atoms with Gasteiger partial charge in [-0.1, -0.05) is 41.5 Å². The van der Waals surface area contributed by atoms with E-state index in [1.807, 2.05) is 0 Å². The van der Waals surface area contributed by atoms with Gasteiger partial charge in [-0.05, 0) is 140 Å². The Kier molecular flexibility index (Phi) is 7.52. The minimum Gasteiger partial charge on any atom is -0.438 e. The van der Waals surface area contributed by atoms with Crippen LogP contribution in [0.5, 0.6) is 0 Å². The van der Waals surface area contributed by atoms with Crippen molar-refractivity contribution in [3.05, 3.63) is 0 Å². The molecule has 0 spiro atoms. The molecular weight excluding hydrogens is 500 g/mol. The van der Waals surface area contributed by atoms with E-state index in [4.69, 9.17) is 9.47 Å². The van der Waals surface area contributed by atoms with Crippen LogP contribution in [0.3, 0.4) is 0 Å². The molecule has 0 amide bonds. The molecule has 40 heavy (non-hydrogen) atoms. The van der Waals surface area contributed by atoms with Gasteiger partial charge in [-0.3, -0.25) is 4.79 Å². The molecule has 4 unspecified atom stereocenters. The number of fused-ring (bicyclic) bond motifs is 7. The molecule has 0 radical (unpaired) electrons. The smallest absolute Gasteiger partial charge is 0.307 e. The highest BCUT2D eigenvalue weighted by Crippen LogP contribution is 2.69. The van der Waals surface area contributed by atoms with Crippen LogP contribution >= 0.6 is 0 Å². The van der Waals surface area contributed by atoms with E-state index in [1.165, 1.54) is 32.1 Å². The summed E-state index contributed by atoms with van der Waals surface area (Å²) in [6.45, 7) is 14.4. The van der Waals surface area contributed by atoms with Crippen LogP contribution in [0.2, 0.25) is 0 Å². The third kappa shape index (κ3) is 4.28. The van der Waals surface area contributed by atoms with Crippen LogP contribution in [0.1, 0.15) is 125 Å². The monoisotopic (exact) mass is 558 g/mol. The van der Waals surface area contributed by atoms with Crippen molar-refractivity contribution in [1.82, 2.24) is 0 Å². The van der Waals surface area contributed by atoms with Crippen LogP contribution in [0, 0.1) is 63.1 Å². The summed E-state index contributed by atoms with van der Waals surface area (Å²) in [6.07, 6.45) is 13.4. The fourth-order valence-corrected chi connectivity index (χ4v) is 12.3. The lowest BCUT2D eigenvalue weighted by Gasteiger charge is -2.62. The molecule has 2 N–H and O–H groups in total. The minimum atomic E-state index is -0.274. The van der Waals surface area contributed by atoms with Crippen LogP contribution in [0.15, 0.2) is 0 Å². The molecule has 6 fully saturated rings. The van der Waals surface area contributed by atoms with Crippen molar-refractivity contribution < 1.29 is 24.5 Å². The quantitative estimate of drug-likeness (QED) is 0.257. The fraction of sp³-hybridized carbons (Fsp3) is 0.971. The maximum Gasteiger partial charge on any atom is 0.307 e. The number of carbonyl (C=O) groups is 1. The summed E-state index contributed by atoms with van der Waals surface area (Å²) in [5, 5.41) is 22.1. The predicted molar refractivity (Wildman–Crippen MR) is 156 cm³/mol. The van der Waals surface area contributed by atoms with E-state index >= 15 is 0 Å². The molecule has 0 heterocycles. The molecule has 6 rings (SSSR count). The Morgan fingerprint density at radius 3 is 2.35 bits per heavy atom. The fourth-order valence-electron chi connectivity index (χ4n) is 12.3. The standard InChI is InChI=1S/C35H58O5/c1-21(7-12-31(38)40-20-39-30-18-22-13-16-34(30,5)32(22,2)3)26-10-11-27-25-9-8-23-17-24(36)14-15-33(23,4)28(25)19-29(37)35(26,27)6/h21-30,36-37H,7-20H2,1-6H3/t21-,22?,23-,24-,25+,26-,27?,28+,29+,30?,33+,34?,35-/m1/s1. The molecule has 6 aliphatic rings. The Hall–Kier alpha value is -0.650. The highest BCUT2D eigenvalue weighted by Gasteiger charge is 2.64. The molecule has 0 saturated heterocycles. The highest BCUT2D eigenvalue weighted by atomic mass is 16.7. The molecule has 6 saturated carbocycles. The van der Waals surface area contributed by atoms with Crippen LogP contribution in [0.4, 0.5) is 0 Å². The zero-order chi connectivity index (χ0) is 28.7. The van der Waals surface area contributed by atoms with Gasteiger partial charge in [0, 0.05) is 6.42 Å². The topological polar surface area (TPSA) is 76.0 Å². The Bertz CT molecular complexity index is 963. The summed E-state index contributed by atoms with van der Waals surface area (Å²) in [7, 11) is 0. The Morgan fingerprint density at radius 1 is 0.875 bits per heavy atom. The van der Waals surface area contributed by atoms with Gasteiger partial charge in [-0.2, -0.15) is 0 Å². The number of hydrogen-bond donors (Lipinski definition) is 2. The summed E-state index contributed by atoms with van der Waals surface area (Å²) in [5.74, 6) is 3.87. The number of carbonyl (C=O) groups excluding carboxylic acids is 1. The molecule has 13 atom stereocenters. The maximum absolute atomic E-state index is 12.7. The van der Waals surface area contributed by atoms with Crippen LogP contribution < -0.4 is 0 Å². The first kappa shape index (κ1) is 29.4. The van der Waals surface area contributed by atoms with Crippen molar-refractivity contribution in [3.63, 3.8) is 0 Å². The Balaban J connectivity index is 1.02. The van der Waals surface area contributed by atoms with E-state index < -0.39 is 0 Å². The third-order valence-electron chi connectivity index (χ3n) is 15.5. The normalized spacial score (nSPS) is 51.5. The van der Waals surface area contributed by atoms with Crippen LogP contribution in [-0.4, -0.2) is 41.3 Å². The van der Waals surface area contributed by atoms with E-state index in [0.29, 0.717) is 47.3 Å². The second-order valence-corrected chi connectivity index (χ2v) is 16.8.